The van der Waals surface area contributed by atoms with E-state index < -0.39 is 0 Å². The predicted octanol–water partition coefficient (Wildman–Crippen LogP) is 0.782. The lowest BCUT2D eigenvalue weighted by Crippen LogP contribution is -2.55. The molecule has 0 aromatic heterocycles. The van der Waals surface area contributed by atoms with Crippen LogP contribution >= 0.6 is 0 Å². The second-order valence-electron chi connectivity index (χ2n) is 5.31. The van der Waals surface area contributed by atoms with Crippen LogP contribution in [0.5, 0.6) is 0 Å². The van der Waals surface area contributed by atoms with Crippen LogP contribution in [0.15, 0.2) is 0 Å². The van der Waals surface area contributed by atoms with Gasteiger partial charge in [0.05, 0.1) is 0 Å². The Labute approximate surface area is 107 Å². The normalized spacial score (nSPS) is 27.7. The quantitative estimate of drug-likeness (QED) is 0.695. The molecule has 2 unspecified atom stereocenters. The first-order valence-corrected chi connectivity index (χ1v) is 6.63. The molecule has 2 aliphatic heterocycles. The topological polar surface area (TPSA) is 57.7 Å². The molecule has 0 spiro atoms. The number of carbonyl (C=O) groups excluding carboxylic acids is 3. The predicted molar refractivity (Wildman–Crippen MR) is 65.5 cm³/mol. The molecule has 2 atom stereocenters. The van der Waals surface area contributed by atoms with Gasteiger partial charge in [0.25, 0.3) is 0 Å². The average Bonchev–Trinajstić information content (AvgIpc) is 2.66. The van der Waals surface area contributed by atoms with Gasteiger partial charge in [-0.15, -0.1) is 0 Å². The van der Waals surface area contributed by atoms with Gasteiger partial charge in [-0.3, -0.25) is 19.3 Å². The molecule has 2 saturated heterocycles. The number of amides is 3. The second kappa shape index (κ2) is 5.08. The van der Waals surface area contributed by atoms with E-state index in [0.29, 0.717) is 44.2 Å². The molecule has 100 valence electrons. The summed E-state index contributed by atoms with van der Waals surface area (Å²) in [5, 5.41) is 0. The van der Waals surface area contributed by atoms with Crippen LogP contribution in [0.2, 0.25) is 0 Å². The van der Waals surface area contributed by atoms with E-state index in [0.717, 1.165) is 6.54 Å². The van der Waals surface area contributed by atoms with Crippen LogP contribution in [-0.4, -0.2) is 46.7 Å². The van der Waals surface area contributed by atoms with E-state index in [2.05, 4.69) is 13.8 Å². The molecule has 0 aromatic rings. The number of rotatable bonds is 4. The van der Waals surface area contributed by atoms with E-state index in [4.69, 9.17) is 0 Å². The molecular formula is C13H20N2O3. The Morgan fingerprint density at radius 1 is 1.22 bits per heavy atom. The summed E-state index contributed by atoms with van der Waals surface area (Å²) < 4.78 is 0. The summed E-state index contributed by atoms with van der Waals surface area (Å²) in [6, 6.07) is 0.326. The highest BCUT2D eigenvalue weighted by Crippen LogP contribution is 2.24. The van der Waals surface area contributed by atoms with Crippen LogP contribution in [-0.2, 0) is 14.4 Å². The van der Waals surface area contributed by atoms with Gasteiger partial charge < -0.3 is 4.90 Å². The molecule has 0 radical (unpaired) electrons. The first kappa shape index (κ1) is 13.1. The maximum absolute atomic E-state index is 11.9. The Hall–Kier alpha value is -1.39. The van der Waals surface area contributed by atoms with E-state index in [9.17, 15) is 14.4 Å². The van der Waals surface area contributed by atoms with Crippen molar-refractivity contribution in [1.29, 1.82) is 0 Å². The van der Waals surface area contributed by atoms with E-state index in [1.807, 2.05) is 4.90 Å². The molecule has 0 aromatic carbocycles. The third-order valence-electron chi connectivity index (χ3n) is 4.05. The van der Waals surface area contributed by atoms with Crippen molar-refractivity contribution >= 4 is 17.7 Å². The van der Waals surface area contributed by atoms with Crippen LogP contribution in [0.1, 0.15) is 39.5 Å². The summed E-state index contributed by atoms with van der Waals surface area (Å²) in [5.74, 6) is 0.521. The van der Waals surface area contributed by atoms with E-state index in [1.54, 1.807) is 0 Å². The molecule has 18 heavy (non-hydrogen) atoms. The molecule has 2 heterocycles. The van der Waals surface area contributed by atoms with Crippen molar-refractivity contribution in [2.45, 2.75) is 45.6 Å². The van der Waals surface area contributed by atoms with Gasteiger partial charge >= 0.3 is 0 Å². The van der Waals surface area contributed by atoms with E-state index in [1.165, 1.54) is 4.90 Å². The number of nitrogens with zero attached hydrogens (tertiary/aromatic N) is 2. The van der Waals surface area contributed by atoms with Crippen molar-refractivity contribution < 1.29 is 14.4 Å². The summed E-state index contributed by atoms with van der Waals surface area (Å²) in [4.78, 5) is 37.7. The molecule has 2 rings (SSSR count). The number of hydrogen-bond donors (Lipinski definition) is 0. The van der Waals surface area contributed by atoms with Crippen molar-refractivity contribution in [1.82, 2.24) is 9.80 Å². The molecule has 0 aliphatic carbocycles. The molecule has 2 fully saturated rings. The minimum absolute atomic E-state index is 0.0987. The number of likely N-dealkylation sites (tertiary alicyclic amines) is 2. The summed E-state index contributed by atoms with van der Waals surface area (Å²) in [6.07, 6.45) is 1.66. The fraction of sp³-hybridized carbons (Fsp3) is 0.769. The fourth-order valence-electron chi connectivity index (χ4n) is 2.53. The molecule has 0 saturated carbocycles. The molecular weight excluding hydrogens is 232 g/mol. The number of imide groups is 1. The maximum atomic E-state index is 11.9. The Bertz CT molecular complexity index is 364. The highest BCUT2D eigenvalue weighted by atomic mass is 16.2. The minimum atomic E-state index is -0.0987. The van der Waals surface area contributed by atoms with Gasteiger partial charge in [-0.05, 0) is 19.3 Å². The van der Waals surface area contributed by atoms with Gasteiger partial charge in [0.2, 0.25) is 17.7 Å². The lowest BCUT2D eigenvalue weighted by atomic mass is 9.91. The summed E-state index contributed by atoms with van der Waals surface area (Å²) in [7, 11) is 0. The largest absolute Gasteiger partial charge is 0.339 e. The van der Waals surface area contributed by atoms with Crippen LogP contribution in [0.4, 0.5) is 0 Å². The average molecular weight is 252 g/mol. The first-order valence-electron chi connectivity index (χ1n) is 6.63. The van der Waals surface area contributed by atoms with Crippen molar-refractivity contribution in [3.63, 3.8) is 0 Å². The fourth-order valence-corrected chi connectivity index (χ4v) is 2.53. The van der Waals surface area contributed by atoms with E-state index in [-0.39, 0.29) is 17.7 Å². The van der Waals surface area contributed by atoms with Crippen LogP contribution in [0.3, 0.4) is 0 Å². The smallest absolute Gasteiger partial charge is 0.229 e. The van der Waals surface area contributed by atoms with Crippen molar-refractivity contribution in [2.75, 3.05) is 13.1 Å². The van der Waals surface area contributed by atoms with Crippen LogP contribution in [0.25, 0.3) is 0 Å². The van der Waals surface area contributed by atoms with Gasteiger partial charge in [-0.1, -0.05) is 6.92 Å². The van der Waals surface area contributed by atoms with Gasteiger partial charge in [-0.2, -0.15) is 0 Å². The summed E-state index contributed by atoms with van der Waals surface area (Å²) in [6.45, 7) is 5.42. The zero-order chi connectivity index (χ0) is 13.3. The Kier molecular flexibility index (Phi) is 3.68. The molecule has 5 nitrogen and oxygen atoms in total. The molecule has 5 heteroatoms. The molecule has 0 bridgehead atoms. The third-order valence-corrected chi connectivity index (χ3v) is 4.05. The van der Waals surface area contributed by atoms with Gasteiger partial charge in [-0.25, -0.2) is 0 Å². The van der Waals surface area contributed by atoms with Crippen molar-refractivity contribution in [2.24, 2.45) is 5.92 Å². The third kappa shape index (κ3) is 2.40. The maximum Gasteiger partial charge on any atom is 0.229 e. The Morgan fingerprint density at radius 3 is 2.33 bits per heavy atom. The zero-order valence-electron chi connectivity index (χ0n) is 11.0. The lowest BCUT2D eigenvalue weighted by Gasteiger charge is -2.45. The van der Waals surface area contributed by atoms with E-state index >= 15 is 0 Å². The van der Waals surface area contributed by atoms with Crippen LogP contribution < -0.4 is 0 Å². The second-order valence-corrected chi connectivity index (χ2v) is 5.31. The highest BCUT2D eigenvalue weighted by molar-refractivity contribution is 6.01. The monoisotopic (exact) mass is 252 g/mol. The molecule has 2 aliphatic rings. The molecule has 3 amide bonds. The minimum Gasteiger partial charge on any atom is -0.339 e. The Balaban J connectivity index is 1.71. The summed E-state index contributed by atoms with van der Waals surface area (Å²) in [5.41, 5.74) is 0. The summed E-state index contributed by atoms with van der Waals surface area (Å²) >= 11 is 0. The van der Waals surface area contributed by atoms with Crippen LogP contribution in [0, 0.1) is 5.92 Å². The standard InChI is InChI=1S/C13H20N2O3/c1-9-8-15(10(9)2)11(16)4-3-7-14-12(17)5-6-13(14)18/h9-10H,3-8H2,1-2H3. The number of hydrogen-bond acceptors (Lipinski definition) is 3. The lowest BCUT2D eigenvalue weighted by molar-refractivity contribution is -0.144. The number of carbonyl (C=O) groups is 3. The Morgan fingerprint density at radius 2 is 1.83 bits per heavy atom. The SMILES string of the molecule is CC1CN(C(=O)CCCN2C(=O)CCC2=O)C1C. The van der Waals surface area contributed by atoms with Crippen molar-refractivity contribution in [3.05, 3.63) is 0 Å². The highest BCUT2D eigenvalue weighted by Gasteiger charge is 2.35. The van der Waals surface area contributed by atoms with Gasteiger partial charge in [0.15, 0.2) is 0 Å². The zero-order valence-corrected chi connectivity index (χ0v) is 11.0. The van der Waals surface area contributed by atoms with Crippen molar-refractivity contribution in [3.8, 4) is 0 Å². The van der Waals surface area contributed by atoms with Gasteiger partial charge in [0, 0.05) is 38.4 Å². The van der Waals surface area contributed by atoms with Gasteiger partial charge in [0.1, 0.15) is 0 Å². The molecule has 0 N–H and O–H groups in total. The first-order chi connectivity index (χ1) is 8.50.